The summed E-state index contributed by atoms with van der Waals surface area (Å²) in [5.41, 5.74) is 1.93. The van der Waals surface area contributed by atoms with Crippen molar-refractivity contribution in [2.75, 3.05) is 7.05 Å². The van der Waals surface area contributed by atoms with Gasteiger partial charge in [-0.2, -0.15) is 5.06 Å². The predicted molar refractivity (Wildman–Crippen MR) is 105 cm³/mol. The second-order valence-corrected chi connectivity index (χ2v) is 18.5. The van der Waals surface area contributed by atoms with Crippen molar-refractivity contribution in [2.45, 2.75) is 57.5 Å². The molecule has 1 heterocycles. The smallest absolute Gasteiger partial charge is 0 e. The Morgan fingerprint density at radius 3 is 1.74 bits per heavy atom. The molecule has 5 nitrogen and oxygen atoms in total. The van der Waals surface area contributed by atoms with Crippen molar-refractivity contribution >= 4 is 21.3 Å². The average Bonchev–Trinajstić information content (AvgIpc) is 3.01. The molecular formula is C19H29CrNO4Si2. The van der Waals surface area contributed by atoms with Crippen LogP contribution in [0.2, 0.25) is 39.3 Å². The summed E-state index contributed by atoms with van der Waals surface area (Å²) in [6, 6.07) is 9.43. The van der Waals surface area contributed by atoms with E-state index in [4.69, 9.17) is 18.8 Å². The summed E-state index contributed by atoms with van der Waals surface area (Å²) in [7, 11) is -0.467. The predicted octanol–water partition coefficient (Wildman–Crippen LogP) is 3.67. The summed E-state index contributed by atoms with van der Waals surface area (Å²) in [6.45, 7) is 28.0. The maximum Gasteiger partial charge on any atom is 0 e. The first-order valence-electron chi connectivity index (χ1n) is 8.21. The van der Waals surface area contributed by atoms with E-state index >= 15 is 0 Å². The quantitative estimate of drug-likeness (QED) is 0.406. The molecule has 2 rings (SSSR count). The zero-order valence-corrected chi connectivity index (χ0v) is 20.4. The Bertz CT molecular complexity index is 592. The van der Waals surface area contributed by atoms with Crippen LogP contribution in [0.1, 0.15) is 18.0 Å². The first kappa shape index (κ1) is 31.0. The molecule has 0 saturated carbocycles. The SMILES string of the molecule is CN1O[C@H]([Si](C)(C)C)C[C@H]1c1ccccc1[Si](C)(C)C.[C-]#[O+].[C-]#[O+].[C-]#[O+].[Cr]. The molecule has 1 aromatic carbocycles. The van der Waals surface area contributed by atoms with Gasteiger partial charge in [-0.3, -0.25) is 4.84 Å². The molecular weight excluding hydrogens is 414 g/mol. The third-order valence-electron chi connectivity index (χ3n) is 4.26. The Morgan fingerprint density at radius 2 is 1.37 bits per heavy atom. The fourth-order valence-corrected chi connectivity index (χ4v) is 6.10. The first-order valence-corrected chi connectivity index (χ1v) is 15.3. The summed E-state index contributed by atoms with van der Waals surface area (Å²) < 4.78 is 22.5. The Labute approximate surface area is 176 Å². The Balaban J connectivity index is -0.000000749. The van der Waals surface area contributed by atoms with Crippen molar-refractivity contribution in [1.29, 1.82) is 0 Å². The van der Waals surface area contributed by atoms with Gasteiger partial charge in [-0.1, -0.05) is 68.7 Å². The normalized spacial score (nSPS) is 18.9. The van der Waals surface area contributed by atoms with Gasteiger partial charge in [0.05, 0.1) is 27.9 Å². The summed E-state index contributed by atoms with van der Waals surface area (Å²) in [5.74, 6) is 0. The van der Waals surface area contributed by atoms with Gasteiger partial charge >= 0.3 is 33.9 Å². The van der Waals surface area contributed by atoms with Gasteiger partial charge in [-0.15, -0.1) is 0 Å². The van der Waals surface area contributed by atoms with Crippen LogP contribution in [0.3, 0.4) is 0 Å². The molecule has 2 atom stereocenters. The molecule has 0 amide bonds. The van der Waals surface area contributed by atoms with Crippen LogP contribution in [0.5, 0.6) is 0 Å². The number of benzene rings is 1. The number of hydrogen-bond acceptors (Lipinski definition) is 2. The standard InChI is InChI=1S/C16H29NOSi2.3CO.Cr/c1-17-14(12-16(18-17)20(5,6)7)13-10-8-9-11-15(13)19(2,3)4;3*1-2;/h8-11,14,16H,12H2,1-7H3;;;;/t14-,16+;;;;/m0..../s1. The summed E-state index contributed by atoms with van der Waals surface area (Å²) in [5, 5.41) is 3.69. The molecule has 0 aromatic heterocycles. The van der Waals surface area contributed by atoms with Gasteiger partial charge in [-0.05, 0) is 12.0 Å². The fourth-order valence-electron chi connectivity index (χ4n) is 2.97. The van der Waals surface area contributed by atoms with Crippen molar-refractivity contribution in [2.24, 2.45) is 0 Å². The van der Waals surface area contributed by atoms with Crippen LogP contribution in [0, 0.1) is 20.0 Å². The molecule has 0 unspecified atom stereocenters. The fraction of sp³-hybridized carbons (Fsp3) is 0.526. The molecule has 0 aliphatic carbocycles. The van der Waals surface area contributed by atoms with E-state index < -0.39 is 16.1 Å². The zero-order chi connectivity index (χ0) is 21.1. The second-order valence-electron chi connectivity index (χ2n) is 8.10. The van der Waals surface area contributed by atoms with Crippen LogP contribution in [0.25, 0.3) is 0 Å². The number of hydrogen-bond donors (Lipinski definition) is 0. The maximum atomic E-state index is 7.50. The number of hydroxylamine groups is 2. The van der Waals surface area contributed by atoms with Gasteiger partial charge in [0.2, 0.25) is 0 Å². The minimum atomic E-state index is -1.31. The van der Waals surface area contributed by atoms with E-state index in [2.05, 4.69) is 95.6 Å². The summed E-state index contributed by atoms with van der Waals surface area (Å²) >= 11 is 0. The zero-order valence-electron chi connectivity index (χ0n) is 17.2. The van der Waals surface area contributed by atoms with Gasteiger partial charge in [-0.25, -0.2) is 0 Å². The molecule has 0 radical (unpaired) electrons. The van der Waals surface area contributed by atoms with E-state index in [1.54, 1.807) is 5.19 Å². The molecule has 1 fully saturated rings. The van der Waals surface area contributed by atoms with Crippen LogP contribution in [0.4, 0.5) is 0 Å². The van der Waals surface area contributed by atoms with Crippen molar-refractivity contribution in [3.8, 4) is 0 Å². The number of nitrogens with zero attached hydrogens (tertiary/aromatic N) is 1. The van der Waals surface area contributed by atoms with E-state index in [1.807, 2.05) is 0 Å². The van der Waals surface area contributed by atoms with Gasteiger partial charge in [0, 0.05) is 24.4 Å². The first-order chi connectivity index (χ1) is 12.1. The molecule has 0 bridgehead atoms. The maximum absolute atomic E-state index is 7.50. The van der Waals surface area contributed by atoms with Crippen LogP contribution < -0.4 is 5.19 Å². The van der Waals surface area contributed by atoms with Gasteiger partial charge in [0.15, 0.2) is 0 Å². The molecule has 1 aliphatic rings. The minimum Gasteiger partial charge on any atom is 0 e. The summed E-state index contributed by atoms with van der Waals surface area (Å²) in [6.07, 6.45) is 1.15. The largest absolute Gasteiger partial charge is 0 e. The average molecular weight is 444 g/mol. The van der Waals surface area contributed by atoms with E-state index in [9.17, 15) is 0 Å². The Kier molecular flexibility index (Phi) is 16.5. The van der Waals surface area contributed by atoms with E-state index in [1.165, 1.54) is 5.56 Å². The molecule has 8 heteroatoms. The van der Waals surface area contributed by atoms with E-state index in [0.717, 1.165) is 6.42 Å². The second kappa shape index (κ2) is 14.3. The molecule has 1 aliphatic heterocycles. The van der Waals surface area contributed by atoms with Crippen LogP contribution >= 0.6 is 0 Å². The van der Waals surface area contributed by atoms with Crippen LogP contribution in [-0.2, 0) is 36.2 Å². The molecule has 0 spiro atoms. The van der Waals surface area contributed by atoms with Gasteiger partial charge in [0.1, 0.15) is 0 Å². The third-order valence-corrected chi connectivity index (χ3v) is 8.61. The van der Waals surface area contributed by atoms with Crippen molar-refractivity contribution in [3.05, 3.63) is 49.8 Å². The summed E-state index contributed by atoms with van der Waals surface area (Å²) in [4.78, 5) is 6.17. The Hall–Kier alpha value is -0.674. The molecule has 148 valence electrons. The van der Waals surface area contributed by atoms with Crippen molar-refractivity contribution < 1.29 is 36.2 Å². The third kappa shape index (κ3) is 9.38. The monoisotopic (exact) mass is 443 g/mol. The van der Waals surface area contributed by atoms with Crippen LogP contribution in [0.15, 0.2) is 24.3 Å². The van der Waals surface area contributed by atoms with E-state index in [0.29, 0.717) is 11.8 Å². The number of rotatable bonds is 3. The van der Waals surface area contributed by atoms with E-state index in [-0.39, 0.29) is 17.4 Å². The molecule has 1 saturated heterocycles. The van der Waals surface area contributed by atoms with Crippen LogP contribution in [-0.4, -0.2) is 34.0 Å². The molecule has 0 N–H and O–H groups in total. The minimum absolute atomic E-state index is 0. The van der Waals surface area contributed by atoms with Crippen molar-refractivity contribution in [3.63, 3.8) is 0 Å². The van der Waals surface area contributed by atoms with Gasteiger partial charge in [0.25, 0.3) is 0 Å². The Morgan fingerprint density at radius 1 is 0.926 bits per heavy atom. The molecule has 27 heavy (non-hydrogen) atoms. The molecule has 1 aromatic rings. The topological polar surface area (TPSA) is 72.2 Å². The van der Waals surface area contributed by atoms with Gasteiger partial charge < -0.3 is 0 Å². The van der Waals surface area contributed by atoms with Crippen molar-refractivity contribution in [1.82, 2.24) is 5.06 Å².